The number of esters is 1. The van der Waals surface area contributed by atoms with Crippen molar-refractivity contribution in [1.29, 1.82) is 5.26 Å². The van der Waals surface area contributed by atoms with Gasteiger partial charge in [-0.15, -0.1) is 0 Å². The predicted octanol–water partition coefficient (Wildman–Crippen LogP) is 4.95. The molecule has 2 aromatic carbocycles. The fourth-order valence-electron chi connectivity index (χ4n) is 2.74. The summed E-state index contributed by atoms with van der Waals surface area (Å²) in [6, 6.07) is 10.8. The summed E-state index contributed by atoms with van der Waals surface area (Å²) >= 11 is 3.40. The number of aryl methyl sites for hydroxylation is 2. The van der Waals surface area contributed by atoms with Gasteiger partial charge in [0.1, 0.15) is 11.6 Å². The van der Waals surface area contributed by atoms with Crippen LogP contribution in [0.1, 0.15) is 30.5 Å². The third-order valence-corrected chi connectivity index (χ3v) is 5.00. The second kappa shape index (κ2) is 11.9. The smallest absolute Gasteiger partial charge is 0.344 e. The summed E-state index contributed by atoms with van der Waals surface area (Å²) in [5.41, 5.74) is 3.23. The molecule has 0 radical (unpaired) electrons. The quantitative estimate of drug-likeness (QED) is 0.297. The van der Waals surface area contributed by atoms with Crippen LogP contribution < -0.4 is 14.8 Å². The highest BCUT2D eigenvalue weighted by Gasteiger charge is 2.16. The van der Waals surface area contributed by atoms with Gasteiger partial charge in [-0.3, -0.25) is 4.79 Å². The highest BCUT2D eigenvalue weighted by Crippen LogP contribution is 2.37. The number of rotatable bonds is 9. The lowest BCUT2D eigenvalue weighted by molar-refractivity contribution is -0.145. The van der Waals surface area contributed by atoms with E-state index >= 15 is 0 Å². The van der Waals surface area contributed by atoms with E-state index < -0.39 is 11.9 Å². The molecule has 0 fully saturated rings. The minimum atomic E-state index is -0.521. The van der Waals surface area contributed by atoms with Crippen LogP contribution in [-0.2, 0) is 14.3 Å². The molecule has 0 bridgehead atoms. The summed E-state index contributed by atoms with van der Waals surface area (Å²) in [5.74, 6) is -0.326. The first-order valence-corrected chi connectivity index (χ1v) is 10.8. The monoisotopic (exact) mass is 500 g/mol. The summed E-state index contributed by atoms with van der Waals surface area (Å²) < 4.78 is 16.6. The molecule has 0 saturated carbocycles. The van der Waals surface area contributed by atoms with Gasteiger partial charge in [0.2, 0.25) is 0 Å². The Bertz CT molecular complexity index is 1070. The zero-order valence-corrected chi connectivity index (χ0v) is 20.0. The molecular formula is C24H25BrN2O5. The molecule has 0 atom stereocenters. The summed E-state index contributed by atoms with van der Waals surface area (Å²) in [7, 11) is 0. The van der Waals surface area contributed by atoms with Crippen molar-refractivity contribution in [3.63, 3.8) is 0 Å². The molecule has 0 saturated heterocycles. The van der Waals surface area contributed by atoms with E-state index in [0.29, 0.717) is 33.8 Å². The molecule has 0 aliphatic heterocycles. The predicted molar refractivity (Wildman–Crippen MR) is 126 cm³/mol. The number of anilines is 1. The fourth-order valence-corrected chi connectivity index (χ4v) is 3.32. The minimum Gasteiger partial charge on any atom is -0.490 e. The third-order valence-electron chi connectivity index (χ3n) is 4.41. The van der Waals surface area contributed by atoms with Crippen molar-refractivity contribution in [2.75, 3.05) is 25.1 Å². The van der Waals surface area contributed by atoms with Gasteiger partial charge in [-0.2, -0.15) is 5.26 Å². The van der Waals surface area contributed by atoms with Gasteiger partial charge >= 0.3 is 5.97 Å². The molecule has 2 rings (SSSR count). The molecule has 0 aliphatic carbocycles. The number of carbonyl (C=O) groups excluding carboxylic acids is 2. The Morgan fingerprint density at radius 1 is 1.09 bits per heavy atom. The van der Waals surface area contributed by atoms with Crippen LogP contribution in [0, 0.1) is 25.2 Å². The van der Waals surface area contributed by atoms with Crippen LogP contribution in [-0.4, -0.2) is 31.7 Å². The van der Waals surface area contributed by atoms with Crippen molar-refractivity contribution in [3.8, 4) is 17.6 Å². The van der Waals surface area contributed by atoms with Crippen molar-refractivity contribution < 1.29 is 23.8 Å². The van der Waals surface area contributed by atoms with E-state index in [1.807, 2.05) is 39.0 Å². The van der Waals surface area contributed by atoms with Crippen LogP contribution >= 0.6 is 15.9 Å². The second-order valence-electron chi connectivity index (χ2n) is 6.78. The van der Waals surface area contributed by atoms with Crippen LogP contribution in [0.3, 0.4) is 0 Å². The van der Waals surface area contributed by atoms with Gasteiger partial charge < -0.3 is 19.5 Å². The Morgan fingerprint density at radius 3 is 2.47 bits per heavy atom. The molecule has 0 aromatic heterocycles. The lowest BCUT2D eigenvalue weighted by Gasteiger charge is -2.14. The molecule has 32 heavy (non-hydrogen) atoms. The molecule has 0 heterocycles. The molecule has 0 spiro atoms. The van der Waals surface area contributed by atoms with E-state index in [0.717, 1.165) is 11.1 Å². The normalized spacial score (nSPS) is 10.8. The molecule has 0 unspecified atom stereocenters. The standard InChI is InChI=1S/C24H25BrN2O5/c1-5-30-21-12-17(11-20(25)23(21)32-14-22(28)31-6-2)10-18(13-26)24(29)27-19-8-7-15(3)16(4)9-19/h7-12H,5-6,14H2,1-4H3,(H,27,29)/b18-10+. The highest BCUT2D eigenvalue weighted by molar-refractivity contribution is 9.10. The van der Waals surface area contributed by atoms with E-state index in [9.17, 15) is 14.9 Å². The maximum absolute atomic E-state index is 12.6. The zero-order valence-electron chi connectivity index (χ0n) is 18.5. The average molecular weight is 501 g/mol. The lowest BCUT2D eigenvalue weighted by Crippen LogP contribution is -2.15. The Morgan fingerprint density at radius 2 is 1.84 bits per heavy atom. The van der Waals surface area contributed by atoms with Gasteiger partial charge in [0.05, 0.1) is 17.7 Å². The summed E-state index contributed by atoms with van der Waals surface area (Å²) in [5, 5.41) is 12.3. The molecule has 2 aromatic rings. The number of benzene rings is 2. The van der Waals surface area contributed by atoms with Crippen molar-refractivity contribution in [1.82, 2.24) is 0 Å². The Balaban J connectivity index is 2.29. The second-order valence-corrected chi connectivity index (χ2v) is 7.63. The van der Waals surface area contributed by atoms with E-state index in [1.54, 1.807) is 25.1 Å². The van der Waals surface area contributed by atoms with Gasteiger partial charge in [-0.25, -0.2) is 4.79 Å². The van der Waals surface area contributed by atoms with Gasteiger partial charge in [-0.1, -0.05) is 6.07 Å². The average Bonchev–Trinajstić information content (AvgIpc) is 2.74. The number of hydrogen-bond donors (Lipinski definition) is 1. The number of nitrogens with zero attached hydrogens (tertiary/aromatic N) is 1. The third kappa shape index (κ3) is 6.86. The summed E-state index contributed by atoms with van der Waals surface area (Å²) in [6.07, 6.45) is 1.46. The SMILES string of the molecule is CCOC(=O)COc1c(Br)cc(/C=C(\C#N)C(=O)Nc2ccc(C)c(C)c2)cc1OCC. The molecule has 1 amide bonds. The topological polar surface area (TPSA) is 97.7 Å². The number of ether oxygens (including phenoxy) is 3. The van der Waals surface area contributed by atoms with Crippen LogP contribution in [0.2, 0.25) is 0 Å². The first-order valence-electron chi connectivity index (χ1n) is 10.0. The molecular weight excluding hydrogens is 476 g/mol. The zero-order chi connectivity index (χ0) is 23.7. The Labute approximate surface area is 196 Å². The summed E-state index contributed by atoms with van der Waals surface area (Å²) in [4.78, 5) is 24.2. The largest absolute Gasteiger partial charge is 0.490 e. The number of carbonyl (C=O) groups is 2. The van der Waals surface area contributed by atoms with E-state index in [2.05, 4.69) is 21.2 Å². The van der Waals surface area contributed by atoms with E-state index in [1.165, 1.54) is 6.08 Å². The van der Waals surface area contributed by atoms with Gasteiger partial charge in [0.15, 0.2) is 18.1 Å². The Hall–Kier alpha value is -3.31. The van der Waals surface area contributed by atoms with Crippen LogP contribution in [0.4, 0.5) is 5.69 Å². The van der Waals surface area contributed by atoms with Crippen molar-refractivity contribution in [2.24, 2.45) is 0 Å². The van der Waals surface area contributed by atoms with Crippen molar-refractivity contribution in [3.05, 3.63) is 57.1 Å². The van der Waals surface area contributed by atoms with Crippen LogP contribution in [0.5, 0.6) is 11.5 Å². The molecule has 168 valence electrons. The number of nitrogens with one attached hydrogen (secondary N) is 1. The molecule has 0 aliphatic rings. The van der Waals surface area contributed by atoms with Crippen molar-refractivity contribution >= 4 is 39.6 Å². The minimum absolute atomic E-state index is 0.0715. The van der Waals surface area contributed by atoms with Gasteiger partial charge in [0.25, 0.3) is 5.91 Å². The Kier molecular flexibility index (Phi) is 9.29. The first-order chi connectivity index (χ1) is 15.3. The maximum atomic E-state index is 12.6. The lowest BCUT2D eigenvalue weighted by atomic mass is 10.1. The van der Waals surface area contributed by atoms with Gasteiger partial charge in [-0.05, 0) is 90.7 Å². The molecule has 8 heteroatoms. The highest BCUT2D eigenvalue weighted by atomic mass is 79.9. The first kappa shape index (κ1) is 25.0. The maximum Gasteiger partial charge on any atom is 0.344 e. The number of hydrogen-bond acceptors (Lipinski definition) is 6. The number of nitriles is 1. The van der Waals surface area contributed by atoms with E-state index in [-0.39, 0.29) is 18.8 Å². The van der Waals surface area contributed by atoms with E-state index in [4.69, 9.17) is 14.2 Å². The number of halogens is 1. The molecule has 7 nitrogen and oxygen atoms in total. The van der Waals surface area contributed by atoms with Crippen molar-refractivity contribution in [2.45, 2.75) is 27.7 Å². The fraction of sp³-hybridized carbons (Fsp3) is 0.292. The van der Waals surface area contributed by atoms with Crippen LogP contribution in [0.15, 0.2) is 40.4 Å². The summed E-state index contributed by atoms with van der Waals surface area (Å²) in [6.45, 7) is 7.79. The number of amides is 1. The van der Waals surface area contributed by atoms with Crippen LogP contribution in [0.25, 0.3) is 6.08 Å². The molecule has 1 N–H and O–H groups in total. The van der Waals surface area contributed by atoms with Gasteiger partial charge in [0, 0.05) is 5.69 Å².